The highest BCUT2D eigenvalue weighted by molar-refractivity contribution is 6.30. The van der Waals surface area contributed by atoms with Gasteiger partial charge in [0.15, 0.2) is 0 Å². The van der Waals surface area contributed by atoms with Gasteiger partial charge < -0.3 is 9.84 Å². The van der Waals surface area contributed by atoms with Gasteiger partial charge in [-0.15, -0.1) is 0 Å². The Labute approximate surface area is 120 Å². The third kappa shape index (κ3) is 4.37. The molecule has 1 fully saturated rings. The monoisotopic (exact) mass is 283 g/mol. The summed E-state index contributed by atoms with van der Waals surface area (Å²) < 4.78 is 5.80. The van der Waals surface area contributed by atoms with E-state index in [0.29, 0.717) is 11.6 Å². The number of piperidine rings is 1. The first kappa shape index (κ1) is 14.6. The highest BCUT2D eigenvalue weighted by Crippen LogP contribution is 2.28. The number of aliphatic hydroxyl groups excluding tert-OH is 1. The Bertz CT molecular complexity index is 403. The van der Waals surface area contributed by atoms with E-state index in [4.69, 9.17) is 16.3 Å². The van der Waals surface area contributed by atoms with Gasteiger partial charge in [0.25, 0.3) is 0 Å². The van der Waals surface area contributed by atoms with Crippen LogP contribution in [-0.2, 0) is 0 Å². The maximum Gasteiger partial charge on any atom is 0.125 e. The van der Waals surface area contributed by atoms with Crippen LogP contribution in [0.2, 0.25) is 5.02 Å². The Morgan fingerprint density at radius 3 is 2.74 bits per heavy atom. The van der Waals surface area contributed by atoms with E-state index in [2.05, 4.69) is 4.90 Å². The first-order chi connectivity index (χ1) is 9.16. The summed E-state index contributed by atoms with van der Waals surface area (Å²) in [7, 11) is 0. The molecule has 0 bridgehead atoms. The quantitative estimate of drug-likeness (QED) is 0.900. The topological polar surface area (TPSA) is 32.7 Å². The molecule has 0 aliphatic carbocycles. The molecule has 19 heavy (non-hydrogen) atoms. The molecule has 1 aromatic rings. The molecule has 0 saturated carbocycles. The third-order valence-electron chi connectivity index (χ3n) is 3.54. The number of hydrogen-bond acceptors (Lipinski definition) is 3. The van der Waals surface area contributed by atoms with Gasteiger partial charge in [0.2, 0.25) is 0 Å². The molecule has 1 aliphatic rings. The fourth-order valence-corrected chi connectivity index (χ4v) is 2.63. The van der Waals surface area contributed by atoms with E-state index in [1.807, 2.05) is 6.07 Å². The first-order valence-electron chi connectivity index (χ1n) is 6.99. The van der Waals surface area contributed by atoms with Crippen molar-refractivity contribution in [2.45, 2.75) is 32.3 Å². The van der Waals surface area contributed by atoms with Crippen molar-refractivity contribution in [3.05, 3.63) is 28.8 Å². The Kier molecular flexibility index (Phi) is 5.49. The van der Waals surface area contributed by atoms with Gasteiger partial charge >= 0.3 is 0 Å². The van der Waals surface area contributed by atoms with Gasteiger partial charge in [-0.3, -0.25) is 4.90 Å². The predicted octanol–water partition coefficient (Wildman–Crippen LogP) is 3.26. The second kappa shape index (κ2) is 7.13. The lowest BCUT2D eigenvalue weighted by Crippen LogP contribution is -2.33. The van der Waals surface area contributed by atoms with Gasteiger partial charge in [0, 0.05) is 17.1 Å². The highest BCUT2D eigenvalue weighted by atomic mass is 35.5. The fraction of sp³-hybridized carbons (Fsp3) is 0.600. The largest absolute Gasteiger partial charge is 0.492 e. The van der Waals surface area contributed by atoms with Crippen LogP contribution in [0.25, 0.3) is 0 Å². The second-order valence-electron chi connectivity index (χ2n) is 5.11. The summed E-state index contributed by atoms with van der Waals surface area (Å²) in [5, 5.41) is 10.4. The summed E-state index contributed by atoms with van der Waals surface area (Å²) in [6.07, 6.45) is 3.36. The van der Waals surface area contributed by atoms with E-state index in [1.54, 1.807) is 19.1 Å². The van der Waals surface area contributed by atoms with Gasteiger partial charge in [-0.05, 0) is 51.1 Å². The molecule has 106 valence electrons. The van der Waals surface area contributed by atoms with Crippen LogP contribution in [0.1, 0.15) is 37.9 Å². The zero-order valence-electron chi connectivity index (χ0n) is 11.4. The molecular formula is C15H22ClNO2. The average molecular weight is 284 g/mol. The third-order valence-corrected chi connectivity index (χ3v) is 3.77. The van der Waals surface area contributed by atoms with E-state index in [-0.39, 0.29) is 0 Å². The van der Waals surface area contributed by atoms with E-state index < -0.39 is 6.10 Å². The lowest BCUT2D eigenvalue weighted by Gasteiger charge is -2.26. The number of benzene rings is 1. The molecule has 1 atom stereocenters. The number of hydrogen-bond donors (Lipinski definition) is 1. The van der Waals surface area contributed by atoms with Crippen LogP contribution in [-0.4, -0.2) is 36.2 Å². The molecule has 0 aromatic heterocycles. The van der Waals surface area contributed by atoms with Crippen molar-refractivity contribution in [1.29, 1.82) is 0 Å². The lowest BCUT2D eigenvalue weighted by molar-refractivity contribution is 0.171. The first-order valence-corrected chi connectivity index (χ1v) is 7.37. The summed E-state index contributed by atoms with van der Waals surface area (Å²) >= 11 is 5.94. The Morgan fingerprint density at radius 1 is 1.32 bits per heavy atom. The van der Waals surface area contributed by atoms with Gasteiger partial charge in [-0.25, -0.2) is 0 Å². The van der Waals surface area contributed by atoms with Crippen LogP contribution in [0.4, 0.5) is 0 Å². The summed E-state index contributed by atoms with van der Waals surface area (Å²) in [5.41, 5.74) is 0.756. The van der Waals surface area contributed by atoms with Gasteiger partial charge in [-0.2, -0.15) is 0 Å². The molecule has 1 aliphatic heterocycles. The summed E-state index contributed by atoms with van der Waals surface area (Å²) in [6.45, 7) is 5.67. The van der Waals surface area contributed by atoms with Crippen LogP contribution in [0.3, 0.4) is 0 Å². The number of nitrogens with zero attached hydrogens (tertiary/aromatic N) is 1. The fourth-order valence-electron chi connectivity index (χ4n) is 2.44. The summed E-state index contributed by atoms with van der Waals surface area (Å²) in [5.74, 6) is 0.733. The molecule has 4 heteroatoms. The molecule has 0 radical (unpaired) electrons. The van der Waals surface area contributed by atoms with Gasteiger partial charge in [0.1, 0.15) is 12.4 Å². The molecule has 0 amide bonds. The maximum absolute atomic E-state index is 9.73. The minimum absolute atomic E-state index is 0.566. The van der Waals surface area contributed by atoms with Crippen LogP contribution in [0.5, 0.6) is 5.75 Å². The predicted molar refractivity (Wildman–Crippen MR) is 77.9 cm³/mol. The zero-order chi connectivity index (χ0) is 13.7. The average Bonchev–Trinajstić information content (AvgIpc) is 2.41. The molecule has 0 unspecified atom stereocenters. The van der Waals surface area contributed by atoms with E-state index in [9.17, 15) is 5.11 Å². The minimum Gasteiger partial charge on any atom is -0.492 e. The van der Waals surface area contributed by atoms with Crippen molar-refractivity contribution in [3.63, 3.8) is 0 Å². The summed E-state index contributed by atoms with van der Waals surface area (Å²) in [4.78, 5) is 2.43. The smallest absolute Gasteiger partial charge is 0.125 e. The molecule has 1 saturated heterocycles. The molecular weight excluding hydrogens is 262 g/mol. The summed E-state index contributed by atoms with van der Waals surface area (Å²) in [6, 6.07) is 5.40. The van der Waals surface area contributed by atoms with Crippen molar-refractivity contribution in [2.75, 3.05) is 26.2 Å². The molecule has 1 aromatic carbocycles. The minimum atomic E-state index is -0.566. The van der Waals surface area contributed by atoms with Crippen molar-refractivity contribution >= 4 is 11.6 Å². The van der Waals surface area contributed by atoms with Crippen LogP contribution >= 0.6 is 11.6 Å². The van der Waals surface area contributed by atoms with Gasteiger partial charge in [-0.1, -0.05) is 18.0 Å². The van der Waals surface area contributed by atoms with Crippen molar-refractivity contribution < 1.29 is 9.84 Å². The number of halogens is 1. The zero-order valence-corrected chi connectivity index (χ0v) is 12.2. The molecule has 0 spiro atoms. The Balaban J connectivity index is 1.88. The number of ether oxygens (including phenoxy) is 1. The normalized spacial score (nSPS) is 18.3. The second-order valence-corrected chi connectivity index (χ2v) is 5.55. The van der Waals surface area contributed by atoms with E-state index in [0.717, 1.165) is 17.9 Å². The SMILES string of the molecule is C[C@H](O)c1cc(Cl)ccc1OCCN1CCCCC1. The van der Waals surface area contributed by atoms with Crippen LogP contribution in [0.15, 0.2) is 18.2 Å². The Hall–Kier alpha value is -0.770. The molecule has 3 nitrogen and oxygen atoms in total. The van der Waals surface area contributed by atoms with E-state index >= 15 is 0 Å². The molecule has 1 heterocycles. The lowest BCUT2D eigenvalue weighted by atomic mass is 10.1. The maximum atomic E-state index is 9.73. The number of rotatable bonds is 5. The van der Waals surface area contributed by atoms with Crippen LogP contribution < -0.4 is 4.74 Å². The van der Waals surface area contributed by atoms with Gasteiger partial charge in [0.05, 0.1) is 6.10 Å². The highest BCUT2D eigenvalue weighted by Gasteiger charge is 2.12. The van der Waals surface area contributed by atoms with Crippen molar-refractivity contribution in [1.82, 2.24) is 4.90 Å². The molecule has 2 rings (SSSR count). The number of aliphatic hydroxyl groups is 1. The standard InChI is InChI=1S/C15H22ClNO2/c1-12(18)14-11-13(16)5-6-15(14)19-10-9-17-7-3-2-4-8-17/h5-6,11-12,18H,2-4,7-10H2,1H3/t12-/m0/s1. The van der Waals surface area contributed by atoms with E-state index in [1.165, 1.54) is 32.4 Å². The van der Waals surface area contributed by atoms with Crippen molar-refractivity contribution in [3.8, 4) is 5.75 Å². The Morgan fingerprint density at radius 2 is 2.05 bits per heavy atom. The van der Waals surface area contributed by atoms with Crippen LogP contribution in [0, 0.1) is 0 Å². The number of likely N-dealkylation sites (tertiary alicyclic amines) is 1. The molecule has 1 N–H and O–H groups in total. The van der Waals surface area contributed by atoms with Crippen molar-refractivity contribution in [2.24, 2.45) is 0 Å².